The van der Waals surface area contributed by atoms with Crippen LogP contribution in [0.5, 0.6) is 28.7 Å². The minimum Gasteiger partial charge on any atom is -0.493 e. The van der Waals surface area contributed by atoms with Gasteiger partial charge in [0, 0.05) is 0 Å². The third-order valence-corrected chi connectivity index (χ3v) is 4.01. The Balaban J connectivity index is 1.69. The summed E-state index contributed by atoms with van der Waals surface area (Å²) in [5.41, 5.74) is 0.349. The van der Waals surface area contributed by atoms with Gasteiger partial charge in [0.2, 0.25) is 5.75 Å². The van der Waals surface area contributed by atoms with Crippen molar-refractivity contribution in [2.75, 3.05) is 34.5 Å². The molecule has 2 aromatic carbocycles. The van der Waals surface area contributed by atoms with Crippen molar-refractivity contribution in [3.63, 3.8) is 0 Å². The molecule has 1 N–H and O–H groups in total. The molecule has 26 heavy (non-hydrogen) atoms. The van der Waals surface area contributed by atoms with E-state index in [4.69, 9.17) is 23.7 Å². The number of carbonyl (C=O) groups is 1. The van der Waals surface area contributed by atoms with Gasteiger partial charge >= 0.3 is 0 Å². The van der Waals surface area contributed by atoms with E-state index in [1.165, 1.54) is 21.3 Å². The average molecular weight is 359 g/mol. The summed E-state index contributed by atoms with van der Waals surface area (Å²) in [5, 5.41) is 2.84. The van der Waals surface area contributed by atoms with Crippen molar-refractivity contribution in [2.24, 2.45) is 0 Å². The number of benzene rings is 2. The maximum Gasteiger partial charge on any atom is 0.255 e. The van der Waals surface area contributed by atoms with Crippen molar-refractivity contribution >= 4 is 5.91 Å². The van der Waals surface area contributed by atoms with Crippen LogP contribution >= 0.6 is 0 Å². The number of ether oxygens (including phenoxy) is 5. The van der Waals surface area contributed by atoms with Crippen molar-refractivity contribution in [3.05, 3.63) is 42.0 Å². The highest BCUT2D eigenvalue weighted by atomic mass is 16.6. The molecule has 0 fully saturated rings. The van der Waals surface area contributed by atoms with Crippen LogP contribution in [-0.4, -0.2) is 46.5 Å². The van der Waals surface area contributed by atoms with Crippen LogP contribution in [0, 0.1) is 0 Å². The van der Waals surface area contributed by atoms with Gasteiger partial charge in [-0.05, 0) is 24.3 Å². The maximum atomic E-state index is 12.6. The SMILES string of the molecule is COc1ccc(C(=O)NC[C@H]2COc3ccccc3O2)c(OC)c1OC. The number of nitrogens with one attached hydrogen (secondary N) is 1. The maximum absolute atomic E-state index is 12.6. The molecule has 2 aromatic rings. The van der Waals surface area contributed by atoms with Crippen LogP contribution in [0.25, 0.3) is 0 Å². The molecule has 0 saturated carbocycles. The first kappa shape index (κ1) is 17.7. The van der Waals surface area contributed by atoms with Gasteiger partial charge in [-0.3, -0.25) is 4.79 Å². The van der Waals surface area contributed by atoms with E-state index < -0.39 is 0 Å². The van der Waals surface area contributed by atoms with E-state index in [2.05, 4.69) is 5.32 Å². The normalized spacial score (nSPS) is 15.1. The molecule has 7 heteroatoms. The predicted molar refractivity (Wildman–Crippen MR) is 94.8 cm³/mol. The quantitative estimate of drug-likeness (QED) is 0.853. The van der Waals surface area contributed by atoms with Crippen LogP contribution in [0.1, 0.15) is 10.4 Å². The van der Waals surface area contributed by atoms with Gasteiger partial charge in [0.1, 0.15) is 12.7 Å². The Kier molecular flexibility index (Phi) is 5.36. The largest absolute Gasteiger partial charge is 0.493 e. The van der Waals surface area contributed by atoms with E-state index in [1.54, 1.807) is 12.1 Å². The lowest BCUT2D eigenvalue weighted by atomic mass is 10.1. The average Bonchev–Trinajstić information content (AvgIpc) is 2.70. The lowest BCUT2D eigenvalue weighted by molar-refractivity contribution is 0.0787. The molecule has 138 valence electrons. The number of amides is 1. The molecule has 0 saturated heterocycles. The van der Waals surface area contributed by atoms with Crippen molar-refractivity contribution in [3.8, 4) is 28.7 Å². The Hall–Kier alpha value is -3.09. The predicted octanol–water partition coefficient (Wildman–Crippen LogP) is 2.28. The van der Waals surface area contributed by atoms with E-state index in [9.17, 15) is 4.79 Å². The Labute approximate surface area is 151 Å². The first-order valence-corrected chi connectivity index (χ1v) is 8.13. The summed E-state index contributed by atoms with van der Waals surface area (Å²) < 4.78 is 27.4. The number of carbonyl (C=O) groups excluding carboxylic acids is 1. The second-order valence-corrected chi connectivity index (χ2v) is 5.59. The number of hydrogen-bond acceptors (Lipinski definition) is 6. The van der Waals surface area contributed by atoms with E-state index in [0.29, 0.717) is 47.5 Å². The zero-order valence-electron chi connectivity index (χ0n) is 14.9. The van der Waals surface area contributed by atoms with E-state index in [-0.39, 0.29) is 12.0 Å². The number of methoxy groups -OCH3 is 3. The van der Waals surface area contributed by atoms with Crippen LogP contribution in [0.4, 0.5) is 0 Å². The third kappa shape index (κ3) is 3.46. The molecule has 0 aromatic heterocycles. The first-order valence-electron chi connectivity index (χ1n) is 8.13. The number of para-hydroxylation sites is 2. The molecule has 1 heterocycles. The molecule has 1 aliphatic rings. The monoisotopic (exact) mass is 359 g/mol. The highest BCUT2D eigenvalue weighted by molar-refractivity contribution is 5.98. The summed E-state index contributed by atoms with van der Waals surface area (Å²) in [6, 6.07) is 10.7. The van der Waals surface area contributed by atoms with Gasteiger partial charge in [-0.2, -0.15) is 0 Å². The molecule has 3 rings (SSSR count). The van der Waals surface area contributed by atoms with Crippen molar-refractivity contribution in [2.45, 2.75) is 6.10 Å². The van der Waals surface area contributed by atoms with Gasteiger partial charge in [-0.1, -0.05) is 12.1 Å². The molecular formula is C19H21NO6. The lowest BCUT2D eigenvalue weighted by Gasteiger charge is -2.26. The molecular weight excluding hydrogens is 338 g/mol. The summed E-state index contributed by atoms with van der Waals surface area (Å²) in [7, 11) is 4.49. The Morgan fingerprint density at radius 2 is 1.77 bits per heavy atom. The minimum atomic E-state index is -0.301. The summed E-state index contributed by atoms with van der Waals surface area (Å²) in [4.78, 5) is 12.6. The van der Waals surface area contributed by atoms with E-state index in [1.807, 2.05) is 24.3 Å². The summed E-state index contributed by atoms with van der Waals surface area (Å²) in [5.74, 6) is 2.24. The Morgan fingerprint density at radius 3 is 2.46 bits per heavy atom. The molecule has 0 unspecified atom stereocenters. The van der Waals surface area contributed by atoms with E-state index >= 15 is 0 Å². The molecule has 1 atom stereocenters. The van der Waals surface area contributed by atoms with Crippen molar-refractivity contribution < 1.29 is 28.5 Å². The number of hydrogen-bond donors (Lipinski definition) is 1. The highest BCUT2D eigenvalue weighted by Crippen LogP contribution is 2.39. The van der Waals surface area contributed by atoms with E-state index in [0.717, 1.165) is 0 Å². The molecule has 1 aliphatic heterocycles. The standard InChI is InChI=1S/C19H21NO6/c1-22-16-9-8-13(17(23-2)18(16)24-3)19(21)20-10-12-11-25-14-6-4-5-7-15(14)26-12/h4-9,12H,10-11H2,1-3H3,(H,20,21)/t12-/m0/s1. The molecule has 0 radical (unpaired) electrons. The highest BCUT2D eigenvalue weighted by Gasteiger charge is 2.24. The Bertz CT molecular complexity index is 792. The van der Waals surface area contributed by atoms with Gasteiger partial charge < -0.3 is 29.0 Å². The second-order valence-electron chi connectivity index (χ2n) is 5.59. The van der Waals surface area contributed by atoms with Gasteiger partial charge in [0.05, 0.1) is 33.4 Å². The van der Waals surface area contributed by atoms with Crippen LogP contribution in [0.15, 0.2) is 36.4 Å². The zero-order chi connectivity index (χ0) is 18.5. The lowest BCUT2D eigenvalue weighted by Crippen LogP contribution is -2.40. The molecule has 0 bridgehead atoms. The van der Waals surface area contributed by atoms with Gasteiger partial charge in [0.15, 0.2) is 23.0 Å². The zero-order valence-corrected chi connectivity index (χ0v) is 14.9. The third-order valence-electron chi connectivity index (χ3n) is 4.01. The topological polar surface area (TPSA) is 75.3 Å². The smallest absolute Gasteiger partial charge is 0.255 e. The van der Waals surface area contributed by atoms with Crippen LogP contribution in [0.2, 0.25) is 0 Å². The number of rotatable bonds is 6. The fourth-order valence-corrected chi connectivity index (χ4v) is 2.75. The summed E-state index contributed by atoms with van der Waals surface area (Å²) in [6.45, 7) is 0.658. The summed E-state index contributed by atoms with van der Waals surface area (Å²) >= 11 is 0. The van der Waals surface area contributed by atoms with Gasteiger partial charge in [-0.25, -0.2) is 0 Å². The first-order chi connectivity index (χ1) is 12.7. The van der Waals surface area contributed by atoms with Crippen LogP contribution < -0.4 is 29.0 Å². The molecule has 0 spiro atoms. The van der Waals surface area contributed by atoms with Crippen molar-refractivity contribution in [1.29, 1.82) is 0 Å². The fraction of sp³-hybridized carbons (Fsp3) is 0.316. The second kappa shape index (κ2) is 7.86. The molecule has 7 nitrogen and oxygen atoms in total. The van der Waals surface area contributed by atoms with Crippen LogP contribution in [-0.2, 0) is 0 Å². The Morgan fingerprint density at radius 1 is 1.04 bits per heavy atom. The van der Waals surface area contributed by atoms with Gasteiger partial charge in [0.25, 0.3) is 5.91 Å². The minimum absolute atomic E-state index is 0.278. The fourth-order valence-electron chi connectivity index (χ4n) is 2.75. The van der Waals surface area contributed by atoms with Crippen molar-refractivity contribution in [1.82, 2.24) is 5.32 Å². The van der Waals surface area contributed by atoms with Gasteiger partial charge in [-0.15, -0.1) is 0 Å². The molecule has 0 aliphatic carbocycles. The summed E-state index contributed by atoms with van der Waals surface area (Å²) in [6.07, 6.45) is -0.278. The molecule has 1 amide bonds. The number of fused-ring (bicyclic) bond motifs is 1. The van der Waals surface area contributed by atoms with Crippen LogP contribution in [0.3, 0.4) is 0 Å².